The van der Waals surface area contributed by atoms with Gasteiger partial charge in [-0.25, -0.2) is 4.39 Å². The molecule has 0 amide bonds. The van der Waals surface area contributed by atoms with Gasteiger partial charge in [0.25, 0.3) is 0 Å². The van der Waals surface area contributed by atoms with E-state index in [1.54, 1.807) is 12.1 Å². The van der Waals surface area contributed by atoms with Gasteiger partial charge in [-0.05, 0) is 45.5 Å². The molecule has 2 N–H and O–H groups in total. The summed E-state index contributed by atoms with van der Waals surface area (Å²) in [6, 6.07) is 4.52. The summed E-state index contributed by atoms with van der Waals surface area (Å²) in [5, 5.41) is 0. The van der Waals surface area contributed by atoms with Crippen molar-refractivity contribution in [3.05, 3.63) is 34.1 Å². The predicted octanol–water partition coefficient (Wildman–Crippen LogP) is 3.85. The van der Waals surface area contributed by atoms with Crippen LogP contribution in [0, 0.1) is 11.2 Å². The van der Waals surface area contributed by atoms with E-state index in [1.165, 1.54) is 6.07 Å². The zero-order chi connectivity index (χ0) is 14.6. The zero-order valence-electron chi connectivity index (χ0n) is 11.7. The molecule has 1 aromatic carbocycles. The molecule has 1 atom stereocenters. The van der Waals surface area contributed by atoms with Gasteiger partial charge in [0.15, 0.2) is 0 Å². The average Bonchev–Trinajstić information content (AvgIpc) is 2.20. The SMILES string of the molecule is CC(C)(C)CC(N)CC(=O)Cc1ccc(F)c(Br)c1. The van der Waals surface area contributed by atoms with Gasteiger partial charge in [-0.1, -0.05) is 26.8 Å². The monoisotopic (exact) mass is 329 g/mol. The number of Topliss-reactive ketones (excluding diaryl/α,β-unsaturated/α-hetero) is 1. The largest absolute Gasteiger partial charge is 0.327 e. The van der Waals surface area contributed by atoms with Crippen molar-refractivity contribution in [3.8, 4) is 0 Å². The molecule has 2 nitrogen and oxygen atoms in total. The van der Waals surface area contributed by atoms with E-state index in [0.29, 0.717) is 17.3 Å². The van der Waals surface area contributed by atoms with Crippen LogP contribution >= 0.6 is 15.9 Å². The molecule has 106 valence electrons. The molecule has 0 saturated heterocycles. The van der Waals surface area contributed by atoms with Crippen LogP contribution in [-0.4, -0.2) is 11.8 Å². The molecule has 1 aromatic rings. The lowest BCUT2D eigenvalue weighted by Crippen LogP contribution is -2.29. The lowest BCUT2D eigenvalue weighted by atomic mass is 9.86. The molecule has 0 aliphatic heterocycles. The van der Waals surface area contributed by atoms with Gasteiger partial charge in [0.1, 0.15) is 11.6 Å². The Morgan fingerprint density at radius 1 is 1.42 bits per heavy atom. The number of rotatable bonds is 5. The average molecular weight is 330 g/mol. The smallest absolute Gasteiger partial charge is 0.138 e. The molecule has 0 bridgehead atoms. The Morgan fingerprint density at radius 2 is 2.05 bits per heavy atom. The molecule has 0 spiro atoms. The minimum atomic E-state index is -0.319. The third-order valence-electron chi connectivity index (χ3n) is 2.75. The topological polar surface area (TPSA) is 43.1 Å². The predicted molar refractivity (Wildman–Crippen MR) is 79.5 cm³/mol. The normalized spacial score (nSPS) is 13.4. The maximum atomic E-state index is 13.1. The molecule has 0 radical (unpaired) electrons. The summed E-state index contributed by atoms with van der Waals surface area (Å²) < 4.78 is 13.5. The van der Waals surface area contributed by atoms with E-state index in [1.807, 2.05) is 0 Å². The van der Waals surface area contributed by atoms with Crippen molar-refractivity contribution in [3.63, 3.8) is 0 Å². The van der Waals surface area contributed by atoms with Crippen LogP contribution in [0.25, 0.3) is 0 Å². The fourth-order valence-corrected chi connectivity index (χ4v) is 2.53. The van der Waals surface area contributed by atoms with E-state index in [2.05, 4.69) is 36.7 Å². The van der Waals surface area contributed by atoms with Crippen LogP contribution in [0.1, 0.15) is 39.2 Å². The summed E-state index contributed by atoms with van der Waals surface area (Å²) in [7, 11) is 0. The van der Waals surface area contributed by atoms with Crippen LogP contribution < -0.4 is 5.73 Å². The van der Waals surface area contributed by atoms with Crippen molar-refractivity contribution in [1.29, 1.82) is 0 Å². The summed E-state index contributed by atoms with van der Waals surface area (Å²) in [4.78, 5) is 11.9. The van der Waals surface area contributed by atoms with Gasteiger partial charge in [-0.15, -0.1) is 0 Å². The second-order valence-electron chi connectivity index (χ2n) is 6.19. The lowest BCUT2D eigenvalue weighted by molar-refractivity contribution is -0.118. The van der Waals surface area contributed by atoms with Gasteiger partial charge < -0.3 is 5.73 Å². The Hall–Kier alpha value is -0.740. The molecule has 1 rings (SSSR count). The first-order valence-corrected chi connectivity index (χ1v) is 7.18. The lowest BCUT2D eigenvalue weighted by Gasteiger charge is -2.22. The fourth-order valence-electron chi connectivity index (χ4n) is 2.10. The number of halogens is 2. The fraction of sp³-hybridized carbons (Fsp3) is 0.533. The van der Waals surface area contributed by atoms with Crippen LogP contribution in [0.4, 0.5) is 4.39 Å². The van der Waals surface area contributed by atoms with Crippen molar-refractivity contribution >= 4 is 21.7 Å². The number of benzene rings is 1. The Bertz CT molecular complexity index is 454. The van der Waals surface area contributed by atoms with Crippen LogP contribution in [-0.2, 0) is 11.2 Å². The summed E-state index contributed by atoms with van der Waals surface area (Å²) in [6.07, 6.45) is 1.48. The highest BCUT2D eigenvalue weighted by Gasteiger charge is 2.18. The van der Waals surface area contributed by atoms with Crippen LogP contribution in [0.2, 0.25) is 0 Å². The van der Waals surface area contributed by atoms with Crippen LogP contribution in [0.15, 0.2) is 22.7 Å². The van der Waals surface area contributed by atoms with Gasteiger partial charge in [-0.2, -0.15) is 0 Å². The number of hydrogen-bond acceptors (Lipinski definition) is 2. The Balaban J connectivity index is 2.53. The quantitative estimate of drug-likeness (QED) is 0.891. The number of nitrogens with two attached hydrogens (primary N) is 1. The number of carbonyl (C=O) groups excluding carboxylic acids is 1. The minimum Gasteiger partial charge on any atom is -0.327 e. The summed E-state index contributed by atoms with van der Waals surface area (Å²) in [5.41, 5.74) is 6.91. The first-order chi connectivity index (χ1) is 8.67. The molecule has 0 fully saturated rings. The van der Waals surface area contributed by atoms with E-state index in [4.69, 9.17) is 5.73 Å². The third kappa shape index (κ3) is 6.30. The van der Waals surface area contributed by atoms with E-state index < -0.39 is 0 Å². The number of ketones is 1. The van der Waals surface area contributed by atoms with Gasteiger partial charge in [0.2, 0.25) is 0 Å². The van der Waals surface area contributed by atoms with Gasteiger partial charge >= 0.3 is 0 Å². The molecule has 19 heavy (non-hydrogen) atoms. The second kappa shape index (κ2) is 6.62. The first kappa shape index (κ1) is 16.3. The molecular weight excluding hydrogens is 309 g/mol. The van der Waals surface area contributed by atoms with Crippen LogP contribution in [0.5, 0.6) is 0 Å². The highest BCUT2D eigenvalue weighted by Crippen LogP contribution is 2.22. The summed E-state index contributed by atoms with van der Waals surface area (Å²) >= 11 is 3.12. The van der Waals surface area contributed by atoms with Crippen molar-refractivity contribution in [2.75, 3.05) is 0 Å². The molecular formula is C15H21BrFNO. The summed E-state index contributed by atoms with van der Waals surface area (Å²) in [5.74, 6) is -0.226. The van der Waals surface area contributed by atoms with E-state index in [0.717, 1.165) is 12.0 Å². The van der Waals surface area contributed by atoms with Crippen molar-refractivity contribution in [2.24, 2.45) is 11.1 Å². The Morgan fingerprint density at radius 3 is 2.58 bits per heavy atom. The molecule has 0 saturated carbocycles. The van der Waals surface area contributed by atoms with E-state index in [9.17, 15) is 9.18 Å². The molecule has 0 aliphatic rings. The van der Waals surface area contributed by atoms with Crippen molar-refractivity contribution in [1.82, 2.24) is 0 Å². The molecule has 0 heterocycles. The zero-order valence-corrected chi connectivity index (χ0v) is 13.3. The maximum absolute atomic E-state index is 13.1. The third-order valence-corrected chi connectivity index (χ3v) is 3.36. The Kier molecular flexibility index (Phi) is 5.68. The van der Waals surface area contributed by atoms with Gasteiger partial charge in [0, 0.05) is 18.9 Å². The standard InChI is InChI=1S/C15H21BrFNO/c1-15(2,3)9-11(18)8-12(19)6-10-4-5-14(17)13(16)7-10/h4-5,7,11H,6,8-9,18H2,1-3H3. The second-order valence-corrected chi connectivity index (χ2v) is 7.05. The highest BCUT2D eigenvalue weighted by molar-refractivity contribution is 9.10. The molecule has 1 unspecified atom stereocenters. The minimum absolute atomic E-state index is 0.0928. The molecule has 0 aromatic heterocycles. The summed E-state index contributed by atoms with van der Waals surface area (Å²) in [6.45, 7) is 6.32. The van der Waals surface area contributed by atoms with E-state index in [-0.39, 0.29) is 23.1 Å². The van der Waals surface area contributed by atoms with Crippen LogP contribution in [0.3, 0.4) is 0 Å². The number of carbonyl (C=O) groups is 1. The first-order valence-electron chi connectivity index (χ1n) is 6.38. The van der Waals surface area contributed by atoms with Crippen molar-refractivity contribution < 1.29 is 9.18 Å². The van der Waals surface area contributed by atoms with E-state index >= 15 is 0 Å². The highest BCUT2D eigenvalue weighted by atomic mass is 79.9. The van der Waals surface area contributed by atoms with Crippen molar-refractivity contribution in [2.45, 2.75) is 46.1 Å². The molecule has 4 heteroatoms. The number of hydrogen-bond donors (Lipinski definition) is 1. The Labute approximate surface area is 122 Å². The van der Waals surface area contributed by atoms with Gasteiger partial charge in [-0.3, -0.25) is 4.79 Å². The maximum Gasteiger partial charge on any atom is 0.138 e. The molecule has 0 aliphatic carbocycles. The van der Waals surface area contributed by atoms with Gasteiger partial charge in [0.05, 0.1) is 4.47 Å².